The molecule has 2 rings (SSSR count). The van der Waals surface area contributed by atoms with Crippen molar-refractivity contribution in [3.8, 4) is 16.2 Å². The molecular formula is C16H19BrOS. The fourth-order valence-electron chi connectivity index (χ4n) is 1.90. The molecule has 0 amide bonds. The molecule has 102 valence electrons. The minimum absolute atomic E-state index is 0.820. The molecule has 0 spiro atoms. The Bertz CT molecular complexity index is 450. The largest absolute Gasteiger partial charge is 0.494 e. The Hall–Kier alpha value is -0.800. The molecule has 0 saturated heterocycles. The summed E-state index contributed by atoms with van der Waals surface area (Å²) in [6, 6.07) is 12.6. The van der Waals surface area contributed by atoms with E-state index in [9.17, 15) is 0 Å². The second kappa shape index (κ2) is 8.39. The van der Waals surface area contributed by atoms with Crippen molar-refractivity contribution in [1.29, 1.82) is 0 Å². The van der Waals surface area contributed by atoms with Crippen molar-refractivity contribution < 1.29 is 4.74 Å². The normalized spacial score (nSPS) is 10.6. The van der Waals surface area contributed by atoms with E-state index in [2.05, 4.69) is 57.7 Å². The molecule has 0 aliphatic carbocycles. The van der Waals surface area contributed by atoms with Crippen LogP contribution >= 0.6 is 27.3 Å². The van der Waals surface area contributed by atoms with E-state index in [1.807, 2.05) is 0 Å². The third kappa shape index (κ3) is 5.00. The molecule has 19 heavy (non-hydrogen) atoms. The van der Waals surface area contributed by atoms with Gasteiger partial charge < -0.3 is 4.74 Å². The van der Waals surface area contributed by atoms with Crippen molar-refractivity contribution in [2.24, 2.45) is 0 Å². The van der Waals surface area contributed by atoms with E-state index in [-0.39, 0.29) is 0 Å². The average Bonchev–Trinajstić information content (AvgIpc) is 2.97. The highest BCUT2D eigenvalue weighted by Gasteiger charge is 1.99. The lowest BCUT2D eigenvalue weighted by Crippen LogP contribution is -1.97. The molecule has 1 heterocycles. The summed E-state index contributed by atoms with van der Waals surface area (Å²) < 4.78 is 5.75. The Morgan fingerprint density at radius 1 is 0.947 bits per heavy atom. The van der Waals surface area contributed by atoms with Gasteiger partial charge in [0.25, 0.3) is 0 Å². The zero-order valence-corrected chi connectivity index (χ0v) is 13.4. The van der Waals surface area contributed by atoms with E-state index < -0.39 is 0 Å². The summed E-state index contributed by atoms with van der Waals surface area (Å²) in [5, 5.41) is 3.21. The zero-order valence-electron chi connectivity index (χ0n) is 11.0. The molecule has 0 bridgehead atoms. The van der Waals surface area contributed by atoms with Gasteiger partial charge in [-0.25, -0.2) is 0 Å². The fourth-order valence-corrected chi connectivity index (χ4v) is 3.03. The topological polar surface area (TPSA) is 9.23 Å². The van der Waals surface area contributed by atoms with Crippen molar-refractivity contribution >= 4 is 27.3 Å². The van der Waals surface area contributed by atoms with E-state index in [4.69, 9.17) is 4.74 Å². The Morgan fingerprint density at radius 3 is 2.42 bits per heavy atom. The van der Waals surface area contributed by atoms with Crippen LogP contribution in [0.4, 0.5) is 0 Å². The first kappa shape index (κ1) is 14.6. The van der Waals surface area contributed by atoms with Crippen molar-refractivity contribution in [3.05, 3.63) is 41.8 Å². The minimum Gasteiger partial charge on any atom is -0.494 e. The van der Waals surface area contributed by atoms with Gasteiger partial charge in [0, 0.05) is 10.2 Å². The van der Waals surface area contributed by atoms with Gasteiger partial charge in [0.15, 0.2) is 0 Å². The van der Waals surface area contributed by atoms with E-state index in [0.29, 0.717) is 0 Å². The van der Waals surface area contributed by atoms with Crippen LogP contribution in [-0.2, 0) is 0 Å². The number of unbranched alkanes of at least 4 members (excludes halogenated alkanes) is 3. The molecule has 0 saturated carbocycles. The minimum atomic E-state index is 0.820. The van der Waals surface area contributed by atoms with Crippen LogP contribution in [0.3, 0.4) is 0 Å². The van der Waals surface area contributed by atoms with Gasteiger partial charge in [0.2, 0.25) is 0 Å². The van der Waals surface area contributed by atoms with Crippen LogP contribution in [-0.4, -0.2) is 11.9 Å². The Morgan fingerprint density at radius 2 is 1.74 bits per heavy atom. The predicted molar refractivity (Wildman–Crippen MR) is 87.5 cm³/mol. The number of thiophene rings is 1. The smallest absolute Gasteiger partial charge is 0.119 e. The van der Waals surface area contributed by atoms with E-state index in [1.54, 1.807) is 11.3 Å². The standard InChI is InChI=1S/C16H19BrOS/c17-11-3-1-2-4-12-18-15-9-7-14(8-10-15)16-6-5-13-19-16/h5-10,13H,1-4,11-12H2. The Labute approximate surface area is 127 Å². The van der Waals surface area contributed by atoms with Gasteiger partial charge in [0.05, 0.1) is 6.61 Å². The molecule has 0 fully saturated rings. The van der Waals surface area contributed by atoms with E-state index in [1.165, 1.54) is 29.7 Å². The molecule has 0 atom stereocenters. The van der Waals surface area contributed by atoms with Crippen molar-refractivity contribution in [1.82, 2.24) is 0 Å². The molecule has 0 N–H and O–H groups in total. The molecule has 1 aromatic carbocycles. The van der Waals surface area contributed by atoms with Crippen LogP contribution < -0.4 is 4.74 Å². The zero-order chi connectivity index (χ0) is 13.3. The van der Waals surface area contributed by atoms with Crippen LogP contribution in [0, 0.1) is 0 Å². The summed E-state index contributed by atoms with van der Waals surface area (Å²) >= 11 is 5.21. The maximum atomic E-state index is 5.75. The molecule has 1 nitrogen and oxygen atoms in total. The summed E-state index contributed by atoms with van der Waals surface area (Å²) in [6.45, 7) is 0.820. The number of benzene rings is 1. The van der Waals surface area contributed by atoms with Crippen molar-refractivity contribution in [2.45, 2.75) is 25.7 Å². The molecule has 0 radical (unpaired) electrons. The second-order valence-corrected chi connectivity index (χ2v) is 6.19. The van der Waals surface area contributed by atoms with Crippen LogP contribution in [0.1, 0.15) is 25.7 Å². The summed E-state index contributed by atoms with van der Waals surface area (Å²) in [5.74, 6) is 0.973. The number of rotatable bonds is 8. The van der Waals surface area contributed by atoms with Crippen LogP contribution in [0.15, 0.2) is 41.8 Å². The van der Waals surface area contributed by atoms with Gasteiger partial charge in [-0.15, -0.1) is 11.3 Å². The molecule has 2 aromatic rings. The fraction of sp³-hybridized carbons (Fsp3) is 0.375. The molecule has 0 aliphatic heterocycles. The number of hydrogen-bond acceptors (Lipinski definition) is 2. The van der Waals surface area contributed by atoms with Gasteiger partial charge >= 0.3 is 0 Å². The SMILES string of the molecule is BrCCCCCCOc1ccc(-c2cccs2)cc1. The molecular weight excluding hydrogens is 320 g/mol. The lowest BCUT2D eigenvalue weighted by molar-refractivity contribution is 0.305. The highest BCUT2D eigenvalue weighted by Crippen LogP contribution is 2.26. The van der Waals surface area contributed by atoms with Gasteiger partial charge in [-0.1, -0.05) is 34.8 Å². The van der Waals surface area contributed by atoms with Crippen LogP contribution in [0.5, 0.6) is 5.75 Å². The summed E-state index contributed by atoms with van der Waals surface area (Å²) in [7, 11) is 0. The number of hydrogen-bond donors (Lipinski definition) is 0. The first-order chi connectivity index (χ1) is 9.40. The number of alkyl halides is 1. The summed E-state index contributed by atoms with van der Waals surface area (Å²) in [5.41, 5.74) is 1.26. The van der Waals surface area contributed by atoms with Crippen LogP contribution in [0.2, 0.25) is 0 Å². The average molecular weight is 339 g/mol. The van der Waals surface area contributed by atoms with Crippen molar-refractivity contribution in [2.75, 3.05) is 11.9 Å². The van der Waals surface area contributed by atoms with Crippen molar-refractivity contribution in [3.63, 3.8) is 0 Å². The van der Waals surface area contributed by atoms with Gasteiger partial charge in [0.1, 0.15) is 5.75 Å². The van der Waals surface area contributed by atoms with Gasteiger partial charge in [-0.05, 0) is 54.1 Å². The van der Waals surface area contributed by atoms with Gasteiger partial charge in [-0.2, -0.15) is 0 Å². The molecule has 0 unspecified atom stereocenters. The summed E-state index contributed by atoms with van der Waals surface area (Å²) in [4.78, 5) is 1.31. The molecule has 0 aliphatic rings. The third-order valence-corrected chi connectivity index (χ3v) is 4.44. The first-order valence-corrected chi connectivity index (χ1v) is 8.73. The Kier molecular flexibility index (Phi) is 6.45. The highest BCUT2D eigenvalue weighted by molar-refractivity contribution is 9.09. The third-order valence-electron chi connectivity index (χ3n) is 2.96. The van der Waals surface area contributed by atoms with E-state index >= 15 is 0 Å². The predicted octanol–water partition coefficient (Wildman–Crippen LogP) is 5.75. The maximum absolute atomic E-state index is 5.75. The second-order valence-electron chi connectivity index (χ2n) is 4.45. The lowest BCUT2D eigenvalue weighted by atomic mass is 10.2. The Balaban J connectivity index is 1.73. The number of ether oxygens (including phenoxy) is 1. The highest BCUT2D eigenvalue weighted by atomic mass is 79.9. The maximum Gasteiger partial charge on any atom is 0.119 e. The number of halogens is 1. The first-order valence-electron chi connectivity index (χ1n) is 6.73. The van der Waals surface area contributed by atoms with Crippen LogP contribution in [0.25, 0.3) is 10.4 Å². The quantitative estimate of drug-likeness (QED) is 0.439. The van der Waals surface area contributed by atoms with E-state index in [0.717, 1.165) is 24.1 Å². The monoisotopic (exact) mass is 338 g/mol. The van der Waals surface area contributed by atoms with Gasteiger partial charge in [-0.3, -0.25) is 0 Å². The summed E-state index contributed by atoms with van der Waals surface area (Å²) in [6.07, 6.45) is 4.93. The molecule has 1 aromatic heterocycles. The molecule has 3 heteroatoms. The lowest BCUT2D eigenvalue weighted by Gasteiger charge is -2.06.